The van der Waals surface area contributed by atoms with Crippen molar-refractivity contribution in [2.75, 3.05) is 18.1 Å². The summed E-state index contributed by atoms with van der Waals surface area (Å²) in [5.74, 6) is 2.42. The summed E-state index contributed by atoms with van der Waals surface area (Å²) in [4.78, 5) is 0. The van der Waals surface area contributed by atoms with Gasteiger partial charge in [0.05, 0.1) is 6.61 Å². The molecule has 0 spiro atoms. The molecule has 9 heavy (non-hydrogen) atoms. The second kappa shape index (κ2) is 3.44. The first-order valence-electron chi connectivity index (χ1n) is 3.16. The molecular weight excluding hydrogens is 136 g/mol. The topological polar surface area (TPSA) is 29.5 Å². The molecule has 1 rings (SSSR count). The van der Waals surface area contributed by atoms with Gasteiger partial charge in [-0.05, 0) is 11.7 Å². The highest BCUT2D eigenvalue weighted by Crippen LogP contribution is 2.15. The van der Waals surface area contributed by atoms with Gasteiger partial charge in [-0.1, -0.05) is 6.92 Å². The van der Waals surface area contributed by atoms with Crippen molar-refractivity contribution in [3.8, 4) is 0 Å². The Bertz CT molecular complexity index is 77.1. The summed E-state index contributed by atoms with van der Waals surface area (Å²) < 4.78 is 5.05. The van der Waals surface area contributed by atoms with E-state index >= 15 is 0 Å². The van der Waals surface area contributed by atoms with Crippen molar-refractivity contribution in [2.45, 2.75) is 13.2 Å². The third-order valence-electron chi connectivity index (χ3n) is 1.24. The maximum atomic E-state index is 8.96. The van der Waals surface area contributed by atoms with E-state index in [2.05, 4.69) is 6.92 Å². The molecule has 1 aliphatic rings. The lowest BCUT2D eigenvalue weighted by Crippen LogP contribution is -2.14. The third-order valence-corrected chi connectivity index (χ3v) is 2.56. The zero-order valence-corrected chi connectivity index (χ0v) is 6.36. The summed E-state index contributed by atoms with van der Waals surface area (Å²) in [5.41, 5.74) is 0. The van der Waals surface area contributed by atoms with E-state index in [1.165, 1.54) is 0 Å². The molecule has 1 N–H and O–H groups in total. The Morgan fingerprint density at radius 3 is 3.11 bits per heavy atom. The lowest BCUT2D eigenvalue weighted by molar-refractivity contribution is -0.0868. The number of thioether (sulfide) groups is 1. The van der Waals surface area contributed by atoms with Crippen LogP contribution in [0, 0.1) is 5.92 Å². The van der Waals surface area contributed by atoms with Crippen LogP contribution in [0.15, 0.2) is 0 Å². The summed E-state index contributed by atoms with van der Waals surface area (Å²) in [6.45, 7) is 2.83. The van der Waals surface area contributed by atoms with Crippen LogP contribution in [0.4, 0.5) is 0 Å². The fraction of sp³-hybridized carbons (Fsp3) is 1.00. The average molecular weight is 148 g/mol. The largest absolute Gasteiger partial charge is 0.367 e. The van der Waals surface area contributed by atoms with Crippen LogP contribution in [-0.4, -0.2) is 29.5 Å². The van der Waals surface area contributed by atoms with E-state index in [9.17, 15) is 0 Å². The second-order valence-corrected chi connectivity index (χ2v) is 3.51. The predicted octanol–water partition coefficient (Wildman–Crippen LogP) is 0.704. The third kappa shape index (κ3) is 2.56. The first-order valence-corrected chi connectivity index (χ1v) is 4.32. The van der Waals surface area contributed by atoms with Gasteiger partial charge in [-0.2, -0.15) is 11.8 Å². The number of aliphatic hydroxyl groups excluding tert-OH is 1. The molecule has 0 aliphatic carbocycles. The van der Waals surface area contributed by atoms with Gasteiger partial charge in [0, 0.05) is 5.75 Å². The van der Waals surface area contributed by atoms with Crippen LogP contribution in [0.5, 0.6) is 0 Å². The normalized spacial score (nSPS) is 38.0. The van der Waals surface area contributed by atoms with Gasteiger partial charge in [0.1, 0.15) is 0 Å². The Hall–Kier alpha value is 0.270. The van der Waals surface area contributed by atoms with Crippen LogP contribution < -0.4 is 0 Å². The van der Waals surface area contributed by atoms with Crippen LogP contribution in [0.25, 0.3) is 0 Å². The minimum absolute atomic E-state index is 0.528. The quantitative estimate of drug-likeness (QED) is 0.548. The SMILES string of the molecule is CC1COC(O)CSC1. The molecule has 1 aliphatic heterocycles. The van der Waals surface area contributed by atoms with Gasteiger partial charge < -0.3 is 9.84 Å². The van der Waals surface area contributed by atoms with E-state index in [1.54, 1.807) is 11.8 Å². The molecule has 0 aromatic heterocycles. The predicted molar refractivity (Wildman–Crippen MR) is 38.4 cm³/mol. The minimum atomic E-state index is -0.528. The fourth-order valence-corrected chi connectivity index (χ4v) is 1.67. The highest BCUT2D eigenvalue weighted by Gasteiger charge is 2.13. The van der Waals surface area contributed by atoms with E-state index in [4.69, 9.17) is 9.84 Å². The molecule has 0 saturated carbocycles. The number of rotatable bonds is 0. The molecule has 2 atom stereocenters. The fourth-order valence-electron chi connectivity index (χ4n) is 0.742. The number of hydrogen-bond acceptors (Lipinski definition) is 3. The van der Waals surface area contributed by atoms with E-state index in [1.807, 2.05) is 0 Å². The minimum Gasteiger partial charge on any atom is -0.367 e. The highest BCUT2D eigenvalue weighted by atomic mass is 32.2. The second-order valence-electron chi connectivity index (χ2n) is 2.43. The zero-order valence-electron chi connectivity index (χ0n) is 5.54. The van der Waals surface area contributed by atoms with Gasteiger partial charge in [-0.25, -0.2) is 0 Å². The lowest BCUT2D eigenvalue weighted by Gasteiger charge is -2.06. The molecule has 0 amide bonds. The first kappa shape index (κ1) is 7.38. The highest BCUT2D eigenvalue weighted by molar-refractivity contribution is 7.99. The van der Waals surface area contributed by atoms with E-state index in [0.29, 0.717) is 12.5 Å². The van der Waals surface area contributed by atoms with Crippen molar-refractivity contribution in [2.24, 2.45) is 5.92 Å². The van der Waals surface area contributed by atoms with E-state index < -0.39 is 6.29 Å². The maximum absolute atomic E-state index is 8.96. The summed E-state index contributed by atoms with van der Waals surface area (Å²) in [6.07, 6.45) is -0.528. The van der Waals surface area contributed by atoms with Crippen LogP contribution >= 0.6 is 11.8 Å². The molecule has 2 nitrogen and oxygen atoms in total. The molecule has 0 radical (unpaired) electrons. The Balaban J connectivity index is 2.25. The van der Waals surface area contributed by atoms with E-state index in [0.717, 1.165) is 11.5 Å². The summed E-state index contributed by atoms with van der Waals surface area (Å²) >= 11 is 1.76. The van der Waals surface area contributed by atoms with Crippen LogP contribution in [0.2, 0.25) is 0 Å². The molecule has 1 heterocycles. The van der Waals surface area contributed by atoms with Crippen molar-refractivity contribution in [3.63, 3.8) is 0 Å². The molecule has 2 unspecified atom stereocenters. The van der Waals surface area contributed by atoms with Gasteiger partial charge in [0.2, 0.25) is 0 Å². The van der Waals surface area contributed by atoms with Gasteiger partial charge in [0.15, 0.2) is 6.29 Å². The Kier molecular flexibility index (Phi) is 2.82. The zero-order chi connectivity index (χ0) is 6.69. The van der Waals surface area contributed by atoms with Gasteiger partial charge in [0.25, 0.3) is 0 Å². The van der Waals surface area contributed by atoms with Crippen LogP contribution in [0.3, 0.4) is 0 Å². The monoisotopic (exact) mass is 148 g/mol. The summed E-state index contributed by atoms with van der Waals surface area (Å²) in [7, 11) is 0. The molecule has 1 saturated heterocycles. The van der Waals surface area contributed by atoms with Gasteiger partial charge >= 0.3 is 0 Å². The lowest BCUT2D eigenvalue weighted by atomic mass is 10.2. The van der Waals surface area contributed by atoms with Crippen molar-refractivity contribution in [1.29, 1.82) is 0 Å². The summed E-state index contributed by atoms with van der Waals surface area (Å²) in [5, 5.41) is 8.96. The summed E-state index contributed by atoms with van der Waals surface area (Å²) in [6, 6.07) is 0. The Labute approximate surface area is 59.6 Å². The van der Waals surface area contributed by atoms with Crippen LogP contribution in [-0.2, 0) is 4.74 Å². The van der Waals surface area contributed by atoms with Crippen LogP contribution in [0.1, 0.15) is 6.92 Å². The Morgan fingerprint density at radius 2 is 2.33 bits per heavy atom. The van der Waals surface area contributed by atoms with Crippen molar-refractivity contribution < 1.29 is 9.84 Å². The molecule has 3 heteroatoms. The number of ether oxygens (including phenoxy) is 1. The van der Waals surface area contributed by atoms with Gasteiger partial charge in [-0.3, -0.25) is 0 Å². The molecule has 0 aromatic carbocycles. The number of hydrogen-bond donors (Lipinski definition) is 1. The van der Waals surface area contributed by atoms with E-state index in [-0.39, 0.29) is 0 Å². The average Bonchev–Trinajstić information content (AvgIpc) is 1.97. The molecule has 0 bridgehead atoms. The van der Waals surface area contributed by atoms with Gasteiger partial charge in [-0.15, -0.1) is 0 Å². The van der Waals surface area contributed by atoms with Crippen molar-refractivity contribution in [3.05, 3.63) is 0 Å². The van der Waals surface area contributed by atoms with Crippen molar-refractivity contribution >= 4 is 11.8 Å². The molecule has 1 fully saturated rings. The number of aliphatic hydroxyl groups is 1. The maximum Gasteiger partial charge on any atom is 0.163 e. The Morgan fingerprint density at radius 1 is 1.56 bits per heavy atom. The molecule has 0 aromatic rings. The standard InChI is InChI=1S/C6H12O2S/c1-5-2-8-6(7)4-9-3-5/h5-7H,2-4H2,1H3. The van der Waals surface area contributed by atoms with Crippen molar-refractivity contribution in [1.82, 2.24) is 0 Å². The first-order chi connectivity index (χ1) is 4.29. The molecule has 54 valence electrons. The molecular formula is C6H12O2S. The smallest absolute Gasteiger partial charge is 0.163 e.